The molecule has 62 heavy (non-hydrogen) atoms. The monoisotopic (exact) mass is 854 g/mol. The second kappa shape index (κ2) is 16.9. The van der Waals surface area contributed by atoms with Crippen LogP contribution in [0.2, 0.25) is 0 Å². The number of nitrogens with one attached hydrogen (secondary N) is 2. The number of imide groups is 1. The minimum absolute atomic E-state index is 0.0113. The Balaban J connectivity index is 0.732. The van der Waals surface area contributed by atoms with E-state index < -0.39 is 40.7 Å². The maximum atomic E-state index is 14.2. The van der Waals surface area contributed by atoms with Gasteiger partial charge in [-0.05, 0) is 118 Å². The topological polar surface area (TPSA) is 143 Å². The van der Waals surface area contributed by atoms with Gasteiger partial charge in [0, 0.05) is 93.3 Å². The van der Waals surface area contributed by atoms with E-state index in [4.69, 9.17) is 5.10 Å². The van der Waals surface area contributed by atoms with Gasteiger partial charge in [-0.15, -0.1) is 0 Å². The molecular formula is C46H53F3N8O5. The minimum Gasteiger partial charge on any atom is -0.503 e. The number of carbonyl (C=O) groups excluding carboxylic acids is 4. The minimum atomic E-state index is -1.78. The molecule has 16 heteroatoms. The van der Waals surface area contributed by atoms with Gasteiger partial charge in [0.15, 0.2) is 17.4 Å². The Hall–Kier alpha value is -5.64. The molecule has 2 aliphatic carbocycles. The van der Waals surface area contributed by atoms with Crippen LogP contribution < -0.4 is 20.4 Å². The van der Waals surface area contributed by atoms with Gasteiger partial charge in [-0.3, -0.25) is 34.2 Å². The van der Waals surface area contributed by atoms with Gasteiger partial charge in [-0.25, -0.2) is 13.6 Å². The number of urea groups is 1. The molecule has 4 aromatic rings. The normalized spacial score (nSPS) is 23.3. The molecule has 1 atom stereocenters. The van der Waals surface area contributed by atoms with Crippen LogP contribution in [-0.4, -0.2) is 107 Å². The van der Waals surface area contributed by atoms with E-state index in [2.05, 4.69) is 49.5 Å². The Morgan fingerprint density at radius 3 is 2.37 bits per heavy atom. The van der Waals surface area contributed by atoms with Gasteiger partial charge < -0.3 is 20.2 Å². The van der Waals surface area contributed by atoms with E-state index in [-0.39, 0.29) is 42.2 Å². The van der Waals surface area contributed by atoms with E-state index in [1.165, 1.54) is 18.5 Å². The summed E-state index contributed by atoms with van der Waals surface area (Å²) in [5, 5.41) is 20.3. The number of phenolic OH excluding ortho intramolecular Hbond substituents is 1. The molecule has 5 fully saturated rings. The molecule has 0 radical (unpaired) electrons. The Labute approximate surface area is 358 Å². The van der Waals surface area contributed by atoms with Crippen LogP contribution in [0.3, 0.4) is 0 Å². The van der Waals surface area contributed by atoms with Crippen LogP contribution in [0.1, 0.15) is 96.5 Å². The first kappa shape index (κ1) is 41.7. The molecule has 5 aliphatic rings. The summed E-state index contributed by atoms with van der Waals surface area (Å²) in [7, 11) is 0. The number of likely N-dealkylation sites (tertiary alicyclic amines) is 1. The fraction of sp³-hybridized carbons (Fsp3) is 0.500. The van der Waals surface area contributed by atoms with Gasteiger partial charge in [0.25, 0.3) is 11.8 Å². The molecule has 1 aromatic heterocycles. The molecule has 5 amide bonds. The number of nitrogens with zero attached hydrogens (tertiary/aromatic N) is 6. The fourth-order valence-corrected chi connectivity index (χ4v) is 10.6. The van der Waals surface area contributed by atoms with E-state index in [0.717, 1.165) is 101 Å². The number of phenols is 1. The van der Waals surface area contributed by atoms with E-state index in [0.29, 0.717) is 29.9 Å². The van der Waals surface area contributed by atoms with Gasteiger partial charge in [-0.2, -0.15) is 9.49 Å². The highest BCUT2D eigenvalue weighted by molar-refractivity contribution is 6.06. The summed E-state index contributed by atoms with van der Waals surface area (Å²) in [5.74, 6) is -7.26. The highest BCUT2D eigenvalue weighted by atomic mass is 19.2. The van der Waals surface area contributed by atoms with Crippen LogP contribution >= 0.6 is 0 Å². The van der Waals surface area contributed by atoms with Crippen molar-refractivity contribution in [2.24, 2.45) is 11.3 Å². The highest BCUT2D eigenvalue weighted by Crippen LogP contribution is 2.48. The third-order valence-corrected chi connectivity index (χ3v) is 14.4. The highest BCUT2D eigenvalue weighted by Gasteiger charge is 2.44. The molecule has 9 rings (SSSR count). The molecule has 3 aliphatic heterocycles. The number of hydrogen-bond acceptors (Lipinski definition) is 8. The number of carbonyl (C=O) groups is 4. The summed E-state index contributed by atoms with van der Waals surface area (Å²) >= 11 is 0. The van der Waals surface area contributed by atoms with Crippen LogP contribution in [0.5, 0.6) is 5.75 Å². The maximum absolute atomic E-state index is 14.2. The van der Waals surface area contributed by atoms with Crippen molar-refractivity contribution in [3.8, 4) is 5.75 Å². The predicted molar refractivity (Wildman–Crippen MR) is 227 cm³/mol. The lowest BCUT2D eigenvalue weighted by Gasteiger charge is -2.42. The zero-order valence-corrected chi connectivity index (χ0v) is 35.0. The number of aromatic nitrogens is 2. The van der Waals surface area contributed by atoms with E-state index >= 15 is 0 Å². The summed E-state index contributed by atoms with van der Waals surface area (Å²) in [4.78, 5) is 59.0. The van der Waals surface area contributed by atoms with Crippen LogP contribution in [0.4, 0.5) is 29.3 Å². The average Bonchev–Trinajstić information content (AvgIpc) is 3.91. The fourth-order valence-electron chi connectivity index (χ4n) is 10.6. The van der Waals surface area contributed by atoms with Crippen molar-refractivity contribution in [2.75, 3.05) is 62.2 Å². The van der Waals surface area contributed by atoms with Crippen molar-refractivity contribution >= 4 is 46.0 Å². The summed E-state index contributed by atoms with van der Waals surface area (Å²) in [6, 6.07) is 12.8. The van der Waals surface area contributed by atoms with Gasteiger partial charge in [0.05, 0.1) is 17.1 Å². The first-order valence-corrected chi connectivity index (χ1v) is 22.0. The second-order valence-electron chi connectivity index (χ2n) is 18.1. The molecule has 2 saturated carbocycles. The number of rotatable bonds is 8. The third kappa shape index (κ3) is 8.20. The molecule has 328 valence electrons. The summed E-state index contributed by atoms with van der Waals surface area (Å²) in [6.45, 7) is 7.78. The lowest BCUT2D eigenvalue weighted by molar-refractivity contribution is -0.120. The quantitative estimate of drug-likeness (QED) is 0.167. The average molecular weight is 855 g/mol. The van der Waals surface area contributed by atoms with Gasteiger partial charge in [0.2, 0.25) is 11.7 Å². The van der Waals surface area contributed by atoms with Crippen LogP contribution in [0, 0.1) is 35.7 Å². The largest absolute Gasteiger partial charge is 0.503 e. The smallest absolute Gasteiger partial charge is 0.328 e. The number of anilines is 2. The number of benzene rings is 3. The predicted octanol–water partition coefficient (Wildman–Crippen LogP) is 6.67. The summed E-state index contributed by atoms with van der Waals surface area (Å²) < 4.78 is 43.7. The van der Waals surface area contributed by atoms with Crippen molar-refractivity contribution in [3.05, 3.63) is 82.8 Å². The number of hydrogen-bond donors (Lipinski definition) is 3. The molecule has 4 heterocycles. The summed E-state index contributed by atoms with van der Waals surface area (Å²) in [6.07, 6.45) is 11.1. The Bertz CT molecular complexity index is 2400. The van der Waals surface area contributed by atoms with E-state index in [1.807, 2.05) is 24.0 Å². The molecule has 3 aromatic carbocycles. The lowest BCUT2D eigenvalue weighted by atomic mass is 9.76. The molecule has 1 unspecified atom stereocenters. The third-order valence-electron chi connectivity index (χ3n) is 14.4. The van der Waals surface area contributed by atoms with Crippen LogP contribution in [0.25, 0.3) is 10.9 Å². The van der Waals surface area contributed by atoms with Crippen molar-refractivity contribution < 1.29 is 37.5 Å². The Morgan fingerprint density at radius 1 is 0.871 bits per heavy atom. The van der Waals surface area contributed by atoms with E-state index in [1.54, 1.807) is 11.0 Å². The van der Waals surface area contributed by atoms with Crippen molar-refractivity contribution in [3.63, 3.8) is 0 Å². The van der Waals surface area contributed by atoms with Crippen molar-refractivity contribution in [2.45, 2.75) is 83.2 Å². The maximum Gasteiger partial charge on any atom is 0.328 e. The first-order valence-electron chi connectivity index (χ1n) is 22.0. The molecule has 13 nitrogen and oxygen atoms in total. The molecule has 1 spiro atoms. The zero-order chi connectivity index (χ0) is 43.3. The first-order chi connectivity index (χ1) is 29.8. The number of piperazine rings is 1. The zero-order valence-electron chi connectivity index (χ0n) is 35.0. The van der Waals surface area contributed by atoms with Crippen LogP contribution in [-0.2, 0) is 4.79 Å². The van der Waals surface area contributed by atoms with Gasteiger partial charge in [0.1, 0.15) is 0 Å². The number of amides is 5. The molecule has 3 saturated heterocycles. The van der Waals surface area contributed by atoms with Gasteiger partial charge >= 0.3 is 6.03 Å². The lowest BCUT2D eigenvalue weighted by Crippen LogP contribution is -2.50. The van der Waals surface area contributed by atoms with Crippen molar-refractivity contribution in [1.29, 1.82) is 0 Å². The number of aryl methyl sites for hydroxylation is 1. The standard InChI is InChI=1S/C46H53F3N8O5/c1-28-2-5-30(22-38(28)56-15-11-39(58)51-45(56)62)44(61)55-16-13-46(14-17-55)12-10-34(25-46)54-20-18-53(19-21-54)33-9-6-31-27-57(52-37(31)23-33)32-7-3-29(4-8-32)26-50-43(60)35-24-36(47)42(59)41(49)40(35)48/h2,5-6,9,22-24,27,29,32,34,59H,3-4,7-8,10-21,25-26H2,1H3,(H,50,60)(H,51,58,62). The number of aromatic hydroxyl groups is 1. The van der Waals surface area contributed by atoms with E-state index in [9.17, 15) is 37.5 Å². The number of fused-ring (bicyclic) bond motifs is 1. The summed E-state index contributed by atoms with van der Waals surface area (Å²) in [5.41, 5.74) is 3.71. The SMILES string of the molecule is Cc1ccc(C(=O)N2CCC3(CCC(N4CCN(c5ccc6cn(C7CCC(CNC(=O)c8cc(F)c(O)c(F)c8F)CC7)nc6c5)CC4)C3)CC2)cc1N1CCC(=O)NC1=O. The molecule has 0 bridgehead atoms. The second-order valence-corrected chi connectivity index (χ2v) is 18.1. The Morgan fingerprint density at radius 2 is 1.63 bits per heavy atom. The molecular weight excluding hydrogens is 802 g/mol. The van der Waals surface area contributed by atoms with Crippen molar-refractivity contribution in [1.82, 2.24) is 30.2 Å². The number of piperidine rings is 1. The van der Waals surface area contributed by atoms with Gasteiger partial charge in [-0.1, -0.05) is 6.07 Å². The van der Waals surface area contributed by atoms with Crippen LogP contribution in [0.15, 0.2) is 48.7 Å². The number of halogens is 3. The molecule has 3 N–H and O–H groups in total. The Kier molecular flexibility index (Phi) is 11.4.